The van der Waals surface area contributed by atoms with Crippen molar-refractivity contribution in [2.45, 2.75) is 64.8 Å². The molecule has 0 heterocycles. The van der Waals surface area contributed by atoms with Crippen molar-refractivity contribution in [2.24, 2.45) is 5.92 Å². The Morgan fingerprint density at radius 1 is 1.21 bits per heavy atom. The lowest BCUT2D eigenvalue weighted by molar-refractivity contribution is 0.422. The van der Waals surface area contributed by atoms with Gasteiger partial charge in [-0.1, -0.05) is 32.6 Å². The Hall–Kier alpha value is -0.250. The molecule has 1 aromatic rings. The molecule has 1 aromatic carbocycles. The van der Waals surface area contributed by atoms with Crippen LogP contribution in [0, 0.1) is 16.4 Å². The maximum atomic E-state index is 3.78. The topological polar surface area (TPSA) is 12.0 Å². The van der Waals surface area contributed by atoms with Gasteiger partial charge in [0, 0.05) is 15.3 Å². The lowest BCUT2D eigenvalue weighted by Crippen LogP contribution is -2.19. The second kappa shape index (κ2) is 7.51. The minimum atomic E-state index is 0.681. The van der Waals surface area contributed by atoms with Gasteiger partial charge in [-0.3, -0.25) is 0 Å². The summed E-state index contributed by atoms with van der Waals surface area (Å²) in [5.74, 6) is 0.981. The van der Waals surface area contributed by atoms with E-state index in [1.54, 1.807) is 0 Å². The van der Waals surface area contributed by atoms with Gasteiger partial charge < -0.3 is 5.32 Å². The molecule has 0 aliphatic heterocycles. The fraction of sp³-hybridized carbons (Fsp3) is 0.647. The Bertz CT molecular complexity index is 402. The zero-order valence-corrected chi connectivity index (χ0v) is 14.4. The number of nitrogens with one attached hydrogen (secondary N) is 1. The van der Waals surface area contributed by atoms with Gasteiger partial charge in [0.25, 0.3) is 0 Å². The van der Waals surface area contributed by atoms with E-state index < -0.39 is 0 Å². The fourth-order valence-electron chi connectivity index (χ4n) is 3.23. The predicted molar refractivity (Wildman–Crippen MR) is 92.8 cm³/mol. The lowest BCUT2D eigenvalue weighted by Gasteiger charge is -2.19. The number of halogens is 1. The minimum absolute atomic E-state index is 0.681. The van der Waals surface area contributed by atoms with Crippen molar-refractivity contribution in [3.63, 3.8) is 0 Å². The van der Waals surface area contributed by atoms with Gasteiger partial charge in [0.2, 0.25) is 0 Å². The van der Waals surface area contributed by atoms with Crippen molar-refractivity contribution >= 4 is 28.3 Å². The van der Waals surface area contributed by atoms with Crippen LogP contribution < -0.4 is 5.32 Å². The van der Waals surface area contributed by atoms with Crippen LogP contribution in [-0.4, -0.2) is 6.04 Å². The fourth-order valence-corrected chi connectivity index (χ4v) is 3.88. The van der Waals surface area contributed by atoms with Gasteiger partial charge in [-0.05, 0) is 78.5 Å². The second-order valence-corrected chi connectivity index (χ2v) is 7.21. The van der Waals surface area contributed by atoms with Crippen molar-refractivity contribution in [3.8, 4) is 0 Å². The van der Waals surface area contributed by atoms with Crippen LogP contribution in [0.4, 0.5) is 5.69 Å². The molecule has 2 heteroatoms. The van der Waals surface area contributed by atoms with E-state index >= 15 is 0 Å². The van der Waals surface area contributed by atoms with Gasteiger partial charge in [-0.15, -0.1) is 0 Å². The zero-order chi connectivity index (χ0) is 13.7. The summed E-state index contributed by atoms with van der Waals surface area (Å²) in [5, 5.41) is 3.78. The Kier molecular flexibility index (Phi) is 5.99. The van der Waals surface area contributed by atoms with Crippen molar-refractivity contribution < 1.29 is 0 Å². The highest BCUT2D eigenvalue weighted by atomic mass is 127. The van der Waals surface area contributed by atoms with E-state index in [9.17, 15) is 0 Å². The van der Waals surface area contributed by atoms with Gasteiger partial charge in [0.15, 0.2) is 0 Å². The summed E-state index contributed by atoms with van der Waals surface area (Å²) in [6, 6.07) is 7.39. The molecular formula is C17H26IN. The van der Waals surface area contributed by atoms with Crippen molar-refractivity contribution in [3.05, 3.63) is 27.3 Å². The maximum absolute atomic E-state index is 3.78. The number of hydrogen-bond donors (Lipinski definition) is 1. The minimum Gasteiger partial charge on any atom is -0.382 e. The molecule has 1 aliphatic rings. The molecule has 2 atom stereocenters. The number of rotatable bonds is 4. The van der Waals surface area contributed by atoms with Crippen molar-refractivity contribution in [2.75, 3.05) is 5.32 Å². The van der Waals surface area contributed by atoms with Gasteiger partial charge in [0.1, 0.15) is 0 Å². The Labute approximate surface area is 131 Å². The van der Waals surface area contributed by atoms with Crippen LogP contribution in [0.1, 0.15) is 57.4 Å². The summed E-state index contributed by atoms with van der Waals surface area (Å²) in [6.45, 7) is 4.52. The molecule has 1 aliphatic carbocycles. The molecule has 2 unspecified atom stereocenters. The smallest absolute Gasteiger partial charge is 0.0372 e. The highest BCUT2D eigenvalue weighted by Gasteiger charge is 2.18. The monoisotopic (exact) mass is 371 g/mol. The largest absolute Gasteiger partial charge is 0.382 e. The van der Waals surface area contributed by atoms with Gasteiger partial charge in [0.05, 0.1) is 0 Å². The van der Waals surface area contributed by atoms with Crippen molar-refractivity contribution in [1.82, 2.24) is 0 Å². The Balaban J connectivity index is 1.92. The molecule has 19 heavy (non-hydrogen) atoms. The van der Waals surface area contributed by atoms with Gasteiger partial charge in [-0.2, -0.15) is 0 Å². The molecule has 0 saturated heterocycles. The SMILES string of the molecule is CCCC1CCCC(Nc2ccc(I)cc2C)CC1. The number of benzene rings is 1. The highest BCUT2D eigenvalue weighted by molar-refractivity contribution is 14.1. The molecule has 0 aromatic heterocycles. The number of anilines is 1. The first kappa shape index (κ1) is 15.1. The average molecular weight is 371 g/mol. The third kappa shape index (κ3) is 4.66. The quantitative estimate of drug-likeness (QED) is 0.524. The molecular weight excluding hydrogens is 345 g/mol. The van der Waals surface area contributed by atoms with Crippen LogP contribution >= 0.6 is 22.6 Å². The molecule has 106 valence electrons. The van der Waals surface area contributed by atoms with E-state index in [-0.39, 0.29) is 0 Å². The van der Waals surface area contributed by atoms with E-state index in [1.165, 1.54) is 59.8 Å². The number of aryl methyl sites for hydroxylation is 1. The van der Waals surface area contributed by atoms with E-state index in [0.717, 1.165) is 5.92 Å². The summed E-state index contributed by atoms with van der Waals surface area (Å²) in [5.41, 5.74) is 2.71. The first-order valence-corrected chi connectivity index (χ1v) is 8.79. The molecule has 1 saturated carbocycles. The Morgan fingerprint density at radius 2 is 2.05 bits per heavy atom. The third-order valence-corrected chi connectivity index (χ3v) is 5.00. The summed E-state index contributed by atoms with van der Waals surface area (Å²) < 4.78 is 1.32. The van der Waals surface area contributed by atoms with Crippen LogP contribution in [0.5, 0.6) is 0 Å². The van der Waals surface area contributed by atoms with Crippen LogP contribution in [0.2, 0.25) is 0 Å². The molecule has 0 bridgehead atoms. The van der Waals surface area contributed by atoms with E-state index in [1.807, 2.05) is 0 Å². The highest BCUT2D eigenvalue weighted by Crippen LogP contribution is 2.29. The second-order valence-electron chi connectivity index (χ2n) is 5.96. The molecule has 1 nitrogen and oxygen atoms in total. The normalized spacial score (nSPS) is 23.9. The standard InChI is InChI=1S/C17H26IN/c1-3-5-14-6-4-7-16(10-8-14)19-17-11-9-15(18)12-13(17)2/h9,11-12,14,16,19H,3-8,10H2,1-2H3. The molecule has 0 amide bonds. The first-order chi connectivity index (χ1) is 9.19. The van der Waals surface area contributed by atoms with Crippen LogP contribution in [-0.2, 0) is 0 Å². The van der Waals surface area contributed by atoms with Crippen LogP contribution in [0.15, 0.2) is 18.2 Å². The summed E-state index contributed by atoms with van der Waals surface area (Å²) in [6.07, 6.45) is 9.70. The Morgan fingerprint density at radius 3 is 2.79 bits per heavy atom. The molecule has 0 radical (unpaired) electrons. The predicted octanol–water partition coefficient (Wildman–Crippen LogP) is 5.76. The van der Waals surface area contributed by atoms with Crippen LogP contribution in [0.25, 0.3) is 0 Å². The van der Waals surface area contributed by atoms with E-state index in [0.29, 0.717) is 6.04 Å². The first-order valence-electron chi connectivity index (χ1n) is 7.71. The summed E-state index contributed by atoms with van der Waals surface area (Å²) in [4.78, 5) is 0. The van der Waals surface area contributed by atoms with Gasteiger partial charge >= 0.3 is 0 Å². The van der Waals surface area contributed by atoms with Crippen molar-refractivity contribution in [1.29, 1.82) is 0 Å². The van der Waals surface area contributed by atoms with Crippen LogP contribution in [0.3, 0.4) is 0 Å². The lowest BCUT2D eigenvalue weighted by atomic mass is 9.95. The zero-order valence-electron chi connectivity index (χ0n) is 12.2. The van der Waals surface area contributed by atoms with E-state index in [2.05, 4.69) is 60.0 Å². The molecule has 1 fully saturated rings. The van der Waals surface area contributed by atoms with E-state index in [4.69, 9.17) is 0 Å². The average Bonchev–Trinajstić information content (AvgIpc) is 2.59. The third-order valence-electron chi connectivity index (χ3n) is 4.33. The summed E-state index contributed by atoms with van der Waals surface area (Å²) in [7, 11) is 0. The van der Waals surface area contributed by atoms with Gasteiger partial charge in [-0.25, -0.2) is 0 Å². The summed E-state index contributed by atoms with van der Waals surface area (Å²) >= 11 is 2.38. The molecule has 0 spiro atoms. The number of hydrogen-bond acceptors (Lipinski definition) is 1. The maximum Gasteiger partial charge on any atom is 0.0372 e. The molecule has 1 N–H and O–H groups in total. The molecule has 2 rings (SSSR count).